The molecule has 0 saturated carbocycles. The second kappa shape index (κ2) is 7.94. The first-order valence-corrected chi connectivity index (χ1v) is 8.01. The van der Waals surface area contributed by atoms with Crippen molar-refractivity contribution in [3.05, 3.63) is 35.9 Å². The highest BCUT2D eigenvalue weighted by atomic mass is 31.2. The van der Waals surface area contributed by atoms with Gasteiger partial charge in [0.2, 0.25) is 0 Å². The first-order valence-electron chi connectivity index (χ1n) is 6.55. The van der Waals surface area contributed by atoms with Crippen LogP contribution in [0, 0.1) is 11.3 Å². The van der Waals surface area contributed by atoms with Gasteiger partial charge in [-0.05, 0) is 27.7 Å². The predicted octanol–water partition coefficient (Wildman–Crippen LogP) is 3.89. The predicted molar refractivity (Wildman–Crippen MR) is 79.7 cm³/mol. The van der Waals surface area contributed by atoms with Crippen molar-refractivity contribution in [2.24, 2.45) is 5.16 Å². The first-order chi connectivity index (χ1) is 9.86. The summed E-state index contributed by atoms with van der Waals surface area (Å²) in [5.41, 5.74) is 0.552. The van der Waals surface area contributed by atoms with Crippen molar-refractivity contribution in [3.63, 3.8) is 0 Å². The van der Waals surface area contributed by atoms with Crippen LogP contribution in [0.5, 0.6) is 0 Å². The van der Waals surface area contributed by atoms with Crippen LogP contribution >= 0.6 is 7.82 Å². The molecule has 0 aliphatic rings. The Labute approximate surface area is 124 Å². The first kappa shape index (κ1) is 17.4. The van der Waals surface area contributed by atoms with Gasteiger partial charge >= 0.3 is 7.82 Å². The van der Waals surface area contributed by atoms with Gasteiger partial charge in [-0.1, -0.05) is 35.5 Å². The number of nitrogens with zero attached hydrogens (tertiary/aromatic N) is 2. The lowest BCUT2D eigenvalue weighted by Crippen LogP contribution is -2.09. The van der Waals surface area contributed by atoms with Crippen LogP contribution in [0.15, 0.2) is 35.5 Å². The van der Waals surface area contributed by atoms with Crippen LogP contribution in [0.25, 0.3) is 0 Å². The molecule has 0 fully saturated rings. The summed E-state index contributed by atoms with van der Waals surface area (Å²) in [5.74, 6) is 0. The van der Waals surface area contributed by atoms with Gasteiger partial charge < -0.3 is 0 Å². The third kappa shape index (κ3) is 6.09. The molecule has 114 valence electrons. The van der Waals surface area contributed by atoms with Crippen LogP contribution in [-0.2, 0) is 18.2 Å². The molecule has 21 heavy (non-hydrogen) atoms. The van der Waals surface area contributed by atoms with E-state index in [2.05, 4.69) is 5.16 Å². The smallest absolute Gasteiger partial charge is 0.291 e. The number of rotatable bonds is 7. The maximum Gasteiger partial charge on any atom is 0.551 e. The SMILES string of the molecule is CC(C)OP(=O)(O/N=C(/C#N)c1ccccc1)OC(C)C. The Morgan fingerprint density at radius 1 is 1.14 bits per heavy atom. The van der Waals surface area contributed by atoms with E-state index in [-0.39, 0.29) is 17.9 Å². The normalized spacial score (nSPS) is 12.5. The zero-order chi connectivity index (χ0) is 15.9. The Morgan fingerprint density at radius 2 is 1.67 bits per heavy atom. The summed E-state index contributed by atoms with van der Waals surface area (Å²) in [6.07, 6.45) is -0.737. The van der Waals surface area contributed by atoms with Gasteiger partial charge in [0, 0.05) is 5.56 Å². The number of hydrogen-bond donors (Lipinski definition) is 0. The molecule has 0 spiro atoms. The molecule has 0 amide bonds. The Balaban J connectivity index is 2.95. The second-order valence-electron chi connectivity index (χ2n) is 4.75. The largest absolute Gasteiger partial charge is 0.551 e. The average molecular weight is 310 g/mol. The molecular formula is C14H19N2O4P. The molecule has 0 heterocycles. The van der Waals surface area contributed by atoms with E-state index in [9.17, 15) is 4.57 Å². The van der Waals surface area contributed by atoms with E-state index in [1.807, 2.05) is 12.1 Å². The van der Waals surface area contributed by atoms with Crippen molar-refractivity contribution in [3.8, 4) is 6.07 Å². The number of phosphoric acid groups is 1. The minimum Gasteiger partial charge on any atom is -0.291 e. The molecule has 1 aromatic rings. The van der Waals surface area contributed by atoms with E-state index >= 15 is 0 Å². The second-order valence-corrected chi connectivity index (χ2v) is 6.23. The van der Waals surface area contributed by atoms with Crippen molar-refractivity contribution < 1.29 is 18.2 Å². The summed E-state index contributed by atoms with van der Waals surface area (Å²) < 4.78 is 27.7. The van der Waals surface area contributed by atoms with Crippen molar-refractivity contribution in [1.29, 1.82) is 5.26 Å². The zero-order valence-corrected chi connectivity index (χ0v) is 13.4. The fraction of sp³-hybridized carbons (Fsp3) is 0.429. The number of phosphoric ester groups is 1. The van der Waals surface area contributed by atoms with E-state index in [4.69, 9.17) is 18.9 Å². The van der Waals surface area contributed by atoms with Gasteiger partial charge in [-0.25, -0.2) is 4.57 Å². The van der Waals surface area contributed by atoms with Crippen molar-refractivity contribution in [2.75, 3.05) is 0 Å². The van der Waals surface area contributed by atoms with Gasteiger partial charge in [-0.3, -0.25) is 13.7 Å². The molecule has 1 rings (SSSR count). The zero-order valence-electron chi connectivity index (χ0n) is 12.5. The topological polar surface area (TPSA) is 80.9 Å². The third-order valence-electron chi connectivity index (χ3n) is 2.07. The Kier molecular flexibility index (Phi) is 6.57. The van der Waals surface area contributed by atoms with Gasteiger partial charge in [-0.2, -0.15) is 5.26 Å². The standard InChI is InChI=1S/C14H19N2O4P/c1-11(2)18-21(17,19-12(3)4)20-16-14(10-15)13-8-6-5-7-9-13/h5-9,11-12H,1-4H3/b16-14-. The highest BCUT2D eigenvalue weighted by Gasteiger charge is 2.31. The Bertz CT molecular complexity index is 550. The number of hydrogen-bond acceptors (Lipinski definition) is 6. The van der Waals surface area contributed by atoms with Gasteiger partial charge in [0.25, 0.3) is 0 Å². The summed E-state index contributed by atoms with van der Waals surface area (Å²) >= 11 is 0. The van der Waals surface area contributed by atoms with Crippen LogP contribution in [0.4, 0.5) is 0 Å². The minimum absolute atomic E-state index is 0.00413. The van der Waals surface area contributed by atoms with Crippen molar-refractivity contribution >= 4 is 13.5 Å². The minimum atomic E-state index is -3.86. The molecule has 0 saturated heterocycles. The lowest BCUT2D eigenvalue weighted by atomic mass is 10.1. The lowest BCUT2D eigenvalue weighted by Gasteiger charge is -2.19. The Hall–Kier alpha value is -1.67. The molecule has 0 N–H and O–H groups in total. The van der Waals surface area contributed by atoms with E-state index < -0.39 is 7.82 Å². The quantitative estimate of drug-likeness (QED) is 0.433. The summed E-state index contributed by atoms with van der Waals surface area (Å²) in [4.78, 5) is 0. The maximum atomic E-state index is 12.4. The van der Waals surface area contributed by atoms with Gasteiger partial charge in [0.1, 0.15) is 6.07 Å². The summed E-state index contributed by atoms with van der Waals surface area (Å²) in [7, 11) is -3.86. The fourth-order valence-corrected chi connectivity index (χ4v) is 2.75. The van der Waals surface area contributed by atoms with E-state index in [0.717, 1.165) is 0 Å². The number of oxime groups is 1. The molecule has 0 unspecified atom stereocenters. The lowest BCUT2D eigenvalue weighted by molar-refractivity contribution is 0.0740. The van der Waals surface area contributed by atoms with Crippen molar-refractivity contribution in [2.45, 2.75) is 39.9 Å². The molecule has 6 nitrogen and oxygen atoms in total. The maximum absolute atomic E-state index is 12.4. The van der Waals surface area contributed by atoms with Crippen molar-refractivity contribution in [1.82, 2.24) is 0 Å². The molecule has 7 heteroatoms. The van der Waals surface area contributed by atoms with Crippen LogP contribution in [0.3, 0.4) is 0 Å². The van der Waals surface area contributed by atoms with Crippen LogP contribution in [-0.4, -0.2) is 17.9 Å². The number of nitriles is 1. The van der Waals surface area contributed by atoms with Gasteiger partial charge in [-0.15, -0.1) is 0 Å². The van der Waals surface area contributed by atoms with Crippen LogP contribution < -0.4 is 0 Å². The van der Waals surface area contributed by atoms with Crippen LogP contribution in [0.2, 0.25) is 0 Å². The Morgan fingerprint density at radius 3 is 2.10 bits per heavy atom. The molecule has 0 aliphatic carbocycles. The molecular weight excluding hydrogens is 291 g/mol. The van der Waals surface area contributed by atoms with E-state index in [1.165, 1.54) is 0 Å². The summed E-state index contributed by atoms with van der Waals surface area (Å²) in [6, 6.07) is 10.6. The van der Waals surface area contributed by atoms with Gasteiger partial charge in [0.15, 0.2) is 5.71 Å². The third-order valence-corrected chi connectivity index (χ3v) is 3.71. The molecule has 0 aliphatic heterocycles. The molecule has 0 radical (unpaired) electrons. The summed E-state index contributed by atoms with van der Waals surface area (Å²) in [5, 5.41) is 12.7. The highest BCUT2D eigenvalue weighted by Crippen LogP contribution is 2.51. The molecule has 0 bridgehead atoms. The summed E-state index contributed by atoms with van der Waals surface area (Å²) in [6.45, 7) is 6.80. The monoisotopic (exact) mass is 310 g/mol. The van der Waals surface area contributed by atoms with E-state index in [0.29, 0.717) is 5.56 Å². The fourth-order valence-electron chi connectivity index (χ4n) is 1.40. The van der Waals surface area contributed by atoms with E-state index in [1.54, 1.807) is 52.0 Å². The molecule has 0 atom stereocenters. The van der Waals surface area contributed by atoms with Gasteiger partial charge in [0.05, 0.1) is 12.2 Å². The number of benzene rings is 1. The molecule has 0 aromatic heterocycles. The highest BCUT2D eigenvalue weighted by molar-refractivity contribution is 7.48. The molecule has 1 aromatic carbocycles. The van der Waals surface area contributed by atoms with Crippen LogP contribution in [0.1, 0.15) is 33.3 Å². The average Bonchev–Trinajstić information content (AvgIpc) is 2.38.